The molecule has 1 rings (SSSR count). The second-order valence-corrected chi connectivity index (χ2v) is 7.59. The highest BCUT2D eigenvalue weighted by Gasteiger charge is 2.30. The van der Waals surface area contributed by atoms with Crippen molar-refractivity contribution in [1.29, 1.82) is 0 Å². The van der Waals surface area contributed by atoms with E-state index in [2.05, 4.69) is 16.5 Å². The first-order valence-corrected chi connectivity index (χ1v) is 8.93. The zero-order chi connectivity index (χ0) is 15.3. The molecule has 0 amide bonds. The van der Waals surface area contributed by atoms with Crippen LogP contribution in [-0.2, 0) is 10.2 Å². The van der Waals surface area contributed by atoms with Gasteiger partial charge < -0.3 is 5.73 Å². The van der Waals surface area contributed by atoms with E-state index in [1.165, 1.54) is 4.31 Å². The van der Waals surface area contributed by atoms with Crippen molar-refractivity contribution in [2.75, 3.05) is 26.2 Å². The Labute approximate surface area is 127 Å². The number of nitrogens with one attached hydrogen (secondary N) is 1. The van der Waals surface area contributed by atoms with Crippen LogP contribution in [0.2, 0.25) is 0 Å². The van der Waals surface area contributed by atoms with Crippen molar-refractivity contribution in [2.45, 2.75) is 45.7 Å². The van der Waals surface area contributed by atoms with Crippen LogP contribution in [-0.4, -0.2) is 60.9 Å². The number of piperazine rings is 1. The average Bonchev–Trinajstić information content (AvgIpc) is 2.34. The van der Waals surface area contributed by atoms with Gasteiger partial charge in [-0.2, -0.15) is 17.4 Å². The zero-order valence-electron chi connectivity index (χ0n) is 12.5. The minimum Gasteiger partial charge on any atom is -0.392 e. The van der Waals surface area contributed by atoms with Crippen LogP contribution in [0.5, 0.6) is 0 Å². The van der Waals surface area contributed by atoms with E-state index in [-0.39, 0.29) is 12.1 Å². The molecule has 0 aromatic heterocycles. The first-order chi connectivity index (χ1) is 9.27. The fourth-order valence-electron chi connectivity index (χ4n) is 2.41. The SMILES string of the molecule is CCCC(C(N)=S)N1CCN(S(=O)(=O)NC(C)C)CC1. The first-order valence-electron chi connectivity index (χ1n) is 7.08. The molecule has 0 aliphatic carbocycles. The van der Waals surface area contributed by atoms with Crippen molar-refractivity contribution in [2.24, 2.45) is 5.73 Å². The Morgan fingerprint density at radius 2 is 1.85 bits per heavy atom. The van der Waals surface area contributed by atoms with Crippen LogP contribution in [0.4, 0.5) is 0 Å². The highest BCUT2D eigenvalue weighted by molar-refractivity contribution is 7.87. The predicted molar refractivity (Wildman–Crippen MR) is 85.8 cm³/mol. The van der Waals surface area contributed by atoms with Gasteiger partial charge in [0.2, 0.25) is 0 Å². The Morgan fingerprint density at radius 3 is 2.25 bits per heavy atom. The van der Waals surface area contributed by atoms with Gasteiger partial charge in [-0.25, -0.2) is 0 Å². The molecule has 3 N–H and O–H groups in total. The molecule has 6 nitrogen and oxygen atoms in total. The van der Waals surface area contributed by atoms with Crippen molar-refractivity contribution in [1.82, 2.24) is 13.9 Å². The number of hydrogen-bond acceptors (Lipinski definition) is 4. The lowest BCUT2D eigenvalue weighted by atomic mass is 10.1. The van der Waals surface area contributed by atoms with Crippen molar-refractivity contribution in [3.8, 4) is 0 Å². The van der Waals surface area contributed by atoms with Crippen LogP contribution < -0.4 is 10.5 Å². The van der Waals surface area contributed by atoms with E-state index in [0.717, 1.165) is 12.8 Å². The molecule has 8 heteroatoms. The van der Waals surface area contributed by atoms with Gasteiger partial charge in [-0.1, -0.05) is 25.6 Å². The molecular formula is C12H26N4O2S2. The van der Waals surface area contributed by atoms with E-state index in [0.29, 0.717) is 31.2 Å². The molecule has 0 radical (unpaired) electrons. The maximum absolute atomic E-state index is 12.1. The van der Waals surface area contributed by atoms with Crippen LogP contribution in [0.25, 0.3) is 0 Å². The molecule has 1 heterocycles. The van der Waals surface area contributed by atoms with E-state index in [1.807, 2.05) is 13.8 Å². The third kappa shape index (κ3) is 4.92. The van der Waals surface area contributed by atoms with E-state index in [9.17, 15) is 8.42 Å². The van der Waals surface area contributed by atoms with Gasteiger partial charge in [0.15, 0.2) is 0 Å². The van der Waals surface area contributed by atoms with Gasteiger partial charge in [0.1, 0.15) is 0 Å². The summed E-state index contributed by atoms with van der Waals surface area (Å²) >= 11 is 5.12. The van der Waals surface area contributed by atoms with Crippen molar-refractivity contribution in [3.63, 3.8) is 0 Å². The predicted octanol–water partition coefficient (Wildman–Crippen LogP) is 0.302. The maximum atomic E-state index is 12.1. The molecule has 1 aliphatic rings. The molecule has 0 saturated carbocycles. The minimum atomic E-state index is -3.37. The van der Waals surface area contributed by atoms with Gasteiger partial charge in [-0.05, 0) is 20.3 Å². The summed E-state index contributed by atoms with van der Waals surface area (Å²) in [6.45, 7) is 8.02. The lowest BCUT2D eigenvalue weighted by molar-refractivity contribution is 0.161. The van der Waals surface area contributed by atoms with Gasteiger partial charge in [-0.15, -0.1) is 0 Å². The molecule has 0 aromatic rings. The molecular weight excluding hydrogens is 296 g/mol. The van der Waals surface area contributed by atoms with E-state index >= 15 is 0 Å². The van der Waals surface area contributed by atoms with E-state index in [1.54, 1.807) is 0 Å². The summed E-state index contributed by atoms with van der Waals surface area (Å²) in [5, 5.41) is 0. The van der Waals surface area contributed by atoms with Crippen LogP contribution in [0, 0.1) is 0 Å². The van der Waals surface area contributed by atoms with Gasteiger partial charge in [0.25, 0.3) is 10.2 Å². The molecule has 1 atom stereocenters. The Hall–Kier alpha value is -0.280. The highest BCUT2D eigenvalue weighted by Crippen LogP contribution is 2.13. The summed E-state index contributed by atoms with van der Waals surface area (Å²) in [6.07, 6.45) is 1.93. The molecule has 1 fully saturated rings. The Morgan fingerprint density at radius 1 is 1.30 bits per heavy atom. The van der Waals surface area contributed by atoms with Crippen molar-refractivity contribution < 1.29 is 8.42 Å². The lowest BCUT2D eigenvalue weighted by Gasteiger charge is -2.38. The molecule has 0 bridgehead atoms. The first kappa shape index (κ1) is 17.8. The van der Waals surface area contributed by atoms with Gasteiger partial charge in [0.05, 0.1) is 11.0 Å². The van der Waals surface area contributed by atoms with Gasteiger partial charge in [0, 0.05) is 32.2 Å². The smallest absolute Gasteiger partial charge is 0.279 e. The summed E-state index contributed by atoms with van der Waals surface area (Å²) in [5.41, 5.74) is 5.79. The topological polar surface area (TPSA) is 78.7 Å². The molecule has 1 saturated heterocycles. The van der Waals surface area contributed by atoms with E-state index in [4.69, 9.17) is 18.0 Å². The quantitative estimate of drug-likeness (QED) is 0.659. The monoisotopic (exact) mass is 322 g/mol. The molecule has 20 heavy (non-hydrogen) atoms. The second kappa shape index (κ2) is 7.65. The van der Waals surface area contributed by atoms with Crippen molar-refractivity contribution >= 4 is 27.4 Å². The summed E-state index contributed by atoms with van der Waals surface area (Å²) in [4.78, 5) is 2.69. The maximum Gasteiger partial charge on any atom is 0.279 e. The lowest BCUT2D eigenvalue weighted by Crippen LogP contribution is -2.57. The average molecular weight is 323 g/mol. The van der Waals surface area contributed by atoms with Crippen LogP contribution in [0.3, 0.4) is 0 Å². The van der Waals surface area contributed by atoms with Crippen molar-refractivity contribution in [3.05, 3.63) is 0 Å². The number of nitrogens with zero attached hydrogens (tertiary/aromatic N) is 2. The number of rotatable bonds is 7. The van der Waals surface area contributed by atoms with Crippen LogP contribution in [0.1, 0.15) is 33.6 Å². The summed E-state index contributed by atoms with van der Waals surface area (Å²) in [7, 11) is -3.37. The molecule has 0 aromatic carbocycles. The van der Waals surface area contributed by atoms with Gasteiger partial charge >= 0.3 is 0 Å². The number of nitrogens with two attached hydrogens (primary N) is 1. The Balaban J connectivity index is 2.61. The van der Waals surface area contributed by atoms with Crippen LogP contribution >= 0.6 is 12.2 Å². The minimum absolute atomic E-state index is 0.0814. The number of thiocarbonyl (C=S) groups is 1. The highest BCUT2D eigenvalue weighted by atomic mass is 32.2. The zero-order valence-corrected chi connectivity index (χ0v) is 14.1. The normalized spacial score (nSPS) is 20.2. The van der Waals surface area contributed by atoms with E-state index < -0.39 is 10.2 Å². The molecule has 118 valence electrons. The van der Waals surface area contributed by atoms with Gasteiger partial charge in [-0.3, -0.25) is 4.90 Å². The summed E-state index contributed by atoms with van der Waals surface area (Å²) in [5.74, 6) is 0. The fourth-order valence-corrected chi connectivity index (χ4v) is 4.06. The summed E-state index contributed by atoms with van der Waals surface area (Å²) in [6, 6.07) is -0.0135. The third-order valence-corrected chi connectivity index (χ3v) is 5.42. The molecule has 1 unspecified atom stereocenters. The largest absolute Gasteiger partial charge is 0.392 e. The Kier molecular flexibility index (Phi) is 6.80. The molecule has 1 aliphatic heterocycles. The van der Waals surface area contributed by atoms with Crippen LogP contribution in [0.15, 0.2) is 0 Å². The fraction of sp³-hybridized carbons (Fsp3) is 0.917. The Bertz CT molecular complexity index is 417. The molecule has 0 spiro atoms. The second-order valence-electron chi connectivity index (χ2n) is 5.42. The summed E-state index contributed by atoms with van der Waals surface area (Å²) < 4.78 is 28.3. The third-order valence-electron chi connectivity index (χ3n) is 3.33. The number of hydrogen-bond donors (Lipinski definition) is 2. The standard InChI is InChI=1S/C12H26N4O2S2/c1-4-5-11(12(13)19)15-6-8-16(9-7-15)20(17,18)14-10(2)3/h10-11,14H,4-9H2,1-3H3,(H2,13,19).